The summed E-state index contributed by atoms with van der Waals surface area (Å²) in [6.45, 7) is 6.18. The van der Waals surface area contributed by atoms with Crippen molar-refractivity contribution >= 4 is 0 Å². The number of benzene rings is 1. The summed E-state index contributed by atoms with van der Waals surface area (Å²) in [6.07, 6.45) is 2.45. The molecule has 1 heterocycles. The van der Waals surface area contributed by atoms with E-state index in [2.05, 4.69) is 5.32 Å². The van der Waals surface area contributed by atoms with E-state index in [4.69, 9.17) is 0 Å². The van der Waals surface area contributed by atoms with Gasteiger partial charge in [0.2, 0.25) is 0 Å². The van der Waals surface area contributed by atoms with Gasteiger partial charge in [-0.15, -0.1) is 0 Å². The Morgan fingerprint density at radius 2 is 1.93 bits per heavy atom. The average Bonchev–Trinajstić information content (AvgIpc) is 2.17. The Morgan fingerprint density at radius 1 is 1.27 bits per heavy atom. The van der Waals surface area contributed by atoms with Crippen molar-refractivity contribution in [1.82, 2.24) is 5.32 Å². The number of halogens is 1. The minimum absolute atomic E-state index is 0.113. The molecule has 2 heteroatoms. The minimum atomic E-state index is -0.113. The van der Waals surface area contributed by atoms with Crippen molar-refractivity contribution in [2.75, 3.05) is 13.1 Å². The molecule has 0 aromatic heterocycles. The molecular formula is C13H18FN. The van der Waals surface area contributed by atoms with E-state index in [1.807, 2.05) is 13.8 Å². The van der Waals surface area contributed by atoms with Crippen LogP contribution in [0.3, 0.4) is 0 Å². The molecule has 15 heavy (non-hydrogen) atoms. The van der Waals surface area contributed by atoms with Crippen molar-refractivity contribution in [3.8, 4) is 0 Å². The van der Waals surface area contributed by atoms with Gasteiger partial charge in [-0.2, -0.15) is 0 Å². The topological polar surface area (TPSA) is 12.0 Å². The lowest BCUT2D eigenvalue weighted by atomic mass is 9.86. The summed E-state index contributed by atoms with van der Waals surface area (Å²) in [6, 6.07) is 3.30. The Bertz CT molecular complexity index is 331. The van der Waals surface area contributed by atoms with Crippen molar-refractivity contribution in [2.45, 2.75) is 32.6 Å². The molecule has 0 amide bonds. The molecule has 2 rings (SSSR count). The van der Waals surface area contributed by atoms with Gasteiger partial charge >= 0.3 is 0 Å². The van der Waals surface area contributed by atoms with Crippen molar-refractivity contribution < 1.29 is 4.39 Å². The van der Waals surface area contributed by atoms with E-state index in [0.717, 1.165) is 24.2 Å². The van der Waals surface area contributed by atoms with Gasteiger partial charge in [-0.05, 0) is 68.0 Å². The molecule has 1 aliphatic heterocycles. The van der Waals surface area contributed by atoms with E-state index in [0.29, 0.717) is 5.92 Å². The van der Waals surface area contributed by atoms with Crippen LogP contribution in [0.2, 0.25) is 0 Å². The molecule has 1 aliphatic rings. The summed E-state index contributed by atoms with van der Waals surface area (Å²) in [7, 11) is 0. The van der Waals surface area contributed by atoms with Crippen LogP contribution in [-0.2, 0) is 0 Å². The number of rotatable bonds is 1. The third-order valence-corrected chi connectivity index (χ3v) is 3.26. The molecule has 1 atom stereocenters. The number of aryl methyl sites for hydroxylation is 2. The summed E-state index contributed by atoms with van der Waals surface area (Å²) in [5.41, 5.74) is 3.55. The molecule has 1 saturated heterocycles. The summed E-state index contributed by atoms with van der Waals surface area (Å²) < 4.78 is 13.2. The molecular weight excluding hydrogens is 189 g/mol. The third kappa shape index (κ3) is 2.20. The first-order valence-electron chi connectivity index (χ1n) is 5.66. The van der Waals surface area contributed by atoms with Crippen molar-refractivity contribution in [3.63, 3.8) is 0 Å². The zero-order valence-corrected chi connectivity index (χ0v) is 9.44. The van der Waals surface area contributed by atoms with Gasteiger partial charge in [-0.1, -0.05) is 0 Å². The van der Waals surface area contributed by atoms with Crippen LogP contribution in [-0.4, -0.2) is 13.1 Å². The maximum atomic E-state index is 13.2. The number of piperidine rings is 1. The van der Waals surface area contributed by atoms with Crippen LogP contribution >= 0.6 is 0 Å². The first-order chi connectivity index (χ1) is 7.18. The second kappa shape index (κ2) is 4.31. The Hall–Kier alpha value is -0.890. The molecule has 1 unspecified atom stereocenters. The Labute approximate surface area is 90.7 Å². The standard InChI is InChI=1S/C13H18FN/c1-9-6-12(14)7-10(2)13(9)11-4-3-5-15-8-11/h6-7,11,15H,3-5,8H2,1-2H3. The van der Waals surface area contributed by atoms with Crippen LogP contribution in [0.15, 0.2) is 12.1 Å². The van der Waals surface area contributed by atoms with E-state index < -0.39 is 0 Å². The van der Waals surface area contributed by atoms with Crippen LogP contribution in [0.25, 0.3) is 0 Å². The molecule has 1 nitrogen and oxygen atoms in total. The highest BCUT2D eigenvalue weighted by Crippen LogP contribution is 2.29. The molecule has 1 N–H and O–H groups in total. The Morgan fingerprint density at radius 3 is 2.47 bits per heavy atom. The number of hydrogen-bond acceptors (Lipinski definition) is 1. The smallest absolute Gasteiger partial charge is 0.123 e. The molecule has 0 saturated carbocycles. The maximum Gasteiger partial charge on any atom is 0.123 e. The van der Waals surface area contributed by atoms with E-state index >= 15 is 0 Å². The highest BCUT2D eigenvalue weighted by molar-refractivity contribution is 5.37. The lowest BCUT2D eigenvalue weighted by molar-refractivity contribution is 0.458. The van der Waals surface area contributed by atoms with Gasteiger partial charge in [-0.25, -0.2) is 4.39 Å². The number of hydrogen-bond donors (Lipinski definition) is 1. The van der Waals surface area contributed by atoms with Gasteiger partial charge in [0.05, 0.1) is 0 Å². The first kappa shape index (κ1) is 10.6. The van der Waals surface area contributed by atoms with Gasteiger partial charge in [0.1, 0.15) is 5.82 Å². The largest absolute Gasteiger partial charge is 0.316 e. The van der Waals surface area contributed by atoms with E-state index in [1.54, 1.807) is 12.1 Å². The van der Waals surface area contributed by atoms with Gasteiger partial charge in [-0.3, -0.25) is 0 Å². The van der Waals surface area contributed by atoms with Crippen LogP contribution < -0.4 is 5.32 Å². The first-order valence-corrected chi connectivity index (χ1v) is 5.66. The van der Waals surface area contributed by atoms with Crippen LogP contribution in [0.5, 0.6) is 0 Å². The van der Waals surface area contributed by atoms with Crippen molar-refractivity contribution in [3.05, 3.63) is 34.6 Å². The third-order valence-electron chi connectivity index (χ3n) is 3.26. The summed E-state index contributed by atoms with van der Waals surface area (Å²) in [4.78, 5) is 0. The predicted octanol–water partition coefficient (Wildman–Crippen LogP) is 2.91. The van der Waals surface area contributed by atoms with Crippen molar-refractivity contribution in [2.24, 2.45) is 0 Å². The SMILES string of the molecule is Cc1cc(F)cc(C)c1C1CCCNC1. The van der Waals surface area contributed by atoms with Gasteiger partial charge in [0.15, 0.2) is 0 Å². The normalized spacial score (nSPS) is 21.7. The van der Waals surface area contributed by atoms with E-state index in [9.17, 15) is 4.39 Å². The fraction of sp³-hybridized carbons (Fsp3) is 0.538. The zero-order chi connectivity index (χ0) is 10.8. The van der Waals surface area contributed by atoms with Gasteiger partial charge < -0.3 is 5.32 Å². The highest BCUT2D eigenvalue weighted by atomic mass is 19.1. The summed E-state index contributed by atoms with van der Waals surface area (Å²) in [5.74, 6) is 0.455. The maximum absolute atomic E-state index is 13.2. The molecule has 1 aromatic rings. The summed E-state index contributed by atoms with van der Waals surface area (Å²) in [5, 5.41) is 3.41. The summed E-state index contributed by atoms with van der Waals surface area (Å²) >= 11 is 0. The van der Waals surface area contributed by atoms with E-state index in [-0.39, 0.29) is 5.82 Å². The molecule has 1 fully saturated rings. The quantitative estimate of drug-likeness (QED) is 0.746. The fourth-order valence-electron chi connectivity index (χ4n) is 2.66. The predicted molar refractivity (Wildman–Crippen MR) is 60.7 cm³/mol. The molecule has 1 aromatic carbocycles. The Balaban J connectivity index is 2.33. The second-order valence-corrected chi connectivity index (χ2v) is 4.50. The van der Waals surface area contributed by atoms with E-state index in [1.165, 1.54) is 18.4 Å². The second-order valence-electron chi connectivity index (χ2n) is 4.50. The lowest BCUT2D eigenvalue weighted by Crippen LogP contribution is -2.29. The monoisotopic (exact) mass is 207 g/mol. The molecule has 0 radical (unpaired) electrons. The minimum Gasteiger partial charge on any atom is -0.316 e. The number of nitrogens with one attached hydrogen (secondary N) is 1. The fourth-order valence-corrected chi connectivity index (χ4v) is 2.66. The Kier molecular flexibility index (Phi) is 3.06. The zero-order valence-electron chi connectivity index (χ0n) is 9.44. The van der Waals surface area contributed by atoms with Crippen molar-refractivity contribution in [1.29, 1.82) is 0 Å². The molecule has 82 valence electrons. The van der Waals surface area contributed by atoms with Crippen LogP contribution in [0.1, 0.15) is 35.4 Å². The highest BCUT2D eigenvalue weighted by Gasteiger charge is 2.19. The molecule has 0 bridgehead atoms. The van der Waals surface area contributed by atoms with Gasteiger partial charge in [0, 0.05) is 6.54 Å². The molecule has 0 aliphatic carbocycles. The van der Waals surface area contributed by atoms with Gasteiger partial charge in [0.25, 0.3) is 0 Å². The average molecular weight is 207 g/mol. The lowest BCUT2D eigenvalue weighted by Gasteiger charge is -2.26. The molecule has 0 spiro atoms. The van der Waals surface area contributed by atoms with Crippen LogP contribution in [0.4, 0.5) is 4.39 Å². The van der Waals surface area contributed by atoms with Crippen LogP contribution in [0, 0.1) is 19.7 Å².